The summed E-state index contributed by atoms with van der Waals surface area (Å²) in [4.78, 5) is 15.4. The fourth-order valence-electron chi connectivity index (χ4n) is 4.94. The zero-order chi connectivity index (χ0) is 23.4. The highest BCUT2D eigenvalue weighted by Gasteiger charge is 2.30. The topological polar surface area (TPSA) is 63.1 Å². The van der Waals surface area contributed by atoms with Gasteiger partial charge in [-0.25, -0.2) is 4.39 Å². The number of hydrogen-bond donors (Lipinski definition) is 1. The predicted molar refractivity (Wildman–Crippen MR) is 130 cm³/mol. The Morgan fingerprint density at radius 2 is 1.85 bits per heavy atom. The predicted octanol–water partition coefficient (Wildman–Crippen LogP) is 4.81. The van der Waals surface area contributed by atoms with Crippen LogP contribution in [0.15, 0.2) is 29.4 Å². The molecule has 4 rings (SSSR count). The molecule has 1 N–H and O–H groups in total. The molecule has 4 atom stereocenters. The lowest BCUT2D eigenvalue weighted by Gasteiger charge is -2.35. The first-order valence-corrected chi connectivity index (χ1v) is 13.2. The third kappa shape index (κ3) is 5.96. The molecule has 1 aliphatic heterocycles. The molecule has 1 aromatic heterocycles. The Kier molecular flexibility index (Phi) is 8.07. The Bertz CT molecular complexity index is 927. The molecule has 33 heavy (non-hydrogen) atoms. The quantitative estimate of drug-likeness (QED) is 0.585. The number of likely N-dealkylation sites (tertiary alicyclic amines) is 1. The second-order valence-corrected chi connectivity index (χ2v) is 11.0. The third-order valence-corrected chi connectivity index (χ3v) is 8.33. The maximum Gasteiger partial charge on any atom is 0.233 e. The van der Waals surface area contributed by atoms with Gasteiger partial charge in [-0.1, -0.05) is 44.9 Å². The maximum absolute atomic E-state index is 13.6. The van der Waals surface area contributed by atoms with E-state index in [9.17, 15) is 9.18 Å². The second-order valence-electron chi connectivity index (χ2n) is 9.69. The van der Waals surface area contributed by atoms with E-state index in [1.54, 1.807) is 12.1 Å². The molecule has 180 valence electrons. The van der Waals surface area contributed by atoms with Crippen LogP contribution in [0.1, 0.15) is 65.1 Å². The van der Waals surface area contributed by atoms with Gasteiger partial charge >= 0.3 is 0 Å². The van der Waals surface area contributed by atoms with E-state index in [0.29, 0.717) is 23.5 Å². The molecule has 1 saturated heterocycles. The van der Waals surface area contributed by atoms with Crippen molar-refractivity contribution < 1.29 is 9.18 Å². The molecule has 2 heterocycles. The van der Waals surface area contributed by atoms with Gasteiger partial charge in [0.05, 0.1) is 11.8 Å². The van der Waals surface area contributed by atoms with E-state index in [2.05, 4.69) is 34.3 Å². The minimum absolute atomic E-state index is 0.0391. The van der Waals surface area contributed by atoms with Gasteiger partial charge in [-0.3, -0.25) is 14.3 Å². The highest BCUT2D eigenvalue weighted by atomic mass is 32.2. The zero-order valence-electron chi connectivity index (χ0n) is 20.0. The number of halogens is 1. The van der Waals surface area contributed by atoms with Crippen molar-refractivity contribution in [2.75, 3.05) is 13.1 Å². The zero-order valence-corrected chi connectivity index (χ0v) is 20.8. The summed E-state index contributed by atoms with van der Waals surface area (Å²) in [7, 11) is 0. The summed E-state index contributed by atoms with van der Waals surface area (Å²) in [6, 6.07) is 6.64. The van der Waals surface area contributed by atoms with Gasteiger partial charge in [0.2, 0.25) is 5.91 Å². The molecule has 0 spiro atoms. The first kappa shape index (κ1) is 24.2. The molecule has 1 aliphatic carbocycles. The van der Waals surface area contributed by atoms with Gasteiger partial charge in [0.1, 0.15) is 5.82 Å². The maximum atomic E-state index is 13.6. The monoisotopic (exact) mass is 473 g/mol. The minimum Gasteiger partial charge on any atom is -0.352 e. The Balaban J connectivity index is 1.51. The fourth-order valence-corrected chi connectivity index (χ4v) is 5.84. The molecule has 2 aromatic rings. The summed E-state index contributed by atoms with van der Waals surface area (Å²) >= 11 is 1.42. The Morgan fingerprint density at radius 1 is 1.12 bits per heavy atom. The summed E-state index contributed by atoms with van der Waals surface area (Å²) in [5, 5.41) is 12.6. The van der Waals surface area contributed by atoms with E-state index >= 15 is 0 Å². The number of aromatic nitrogens is 3. The molecule has 1 amide bonds. The lowest BCUT2D eigenvalue weighted by Crippen LogP contribution is -2.46. The Hall–Kier alpha value is -1.93. The van der Waals surface area contributed by atoms with Crippen molar-refractivity contribution in [1.29, 1.82) is 0 Å². The highest BCUT2D eigenvalue weighted by Crippen LogP contribution is 2.31. The van der Waals surface area contributed by atoms with Crippen molar-refractivity contribution in [3.8, 4) is 5.69 Å². The second kappa shape index (κ2) is 11.0. The number of amides is 1. The number of nitrogens with zero attached hydrogens (tertiary/aromatic N) is 4. The molecular formula is C25H36FN5OS. The van der Waals surface area contributed by atoms with Crippen molar-refractivity contribution in [2.45, 2.75) is 82.3 Å². The van der Waals surface area contributed by atoms with Crippen molar-refractivity contribution >= 4 is 17.7 Å². The van der Waals surface area contributed by atoms with Crippen LogP contribution in [0.3, 0.4) is 0 Å². The number of rotatable bonds is 7. The molecule has 1 aromatic carbocycles. The van der Waals surface area contributed by atoms with Crippen LogP contribution in [-0.4, -0.2) is 50.0 Å². The number of carbonyl (C=O) groups is 1. The van der Waals surface area contributed by atoms with E-state index in [0.717, 1.165) is 37.4 Å². The molecule has 0 bridgehead atoms. The molecule has 0 unspecified atom stereocenters. The van der Waals surface area contributed by atoms with E-state index in [4.69, 9.17) is 0 Å². The van der Waals surface area contributed by atoms with Crippen LogP contribution in [0.2, 0.25) is 0 Å². The summed E-state index contributed by atoms with van der Waals surface area (Å²) in [6.07, 6.45) is 7.10. The Labute approximate surface area is 200 Å². The number of nitrogens with one attached hydrogen (secondary N) is 1. The molecule has 8 heteroatoms. The van der Waals surface area contributed by atoms with Gasteiger partial charge in [0.25, 0.3) is 0 Å². The first-order chi connectivity index (χ1) is 15.9. The van der Waals surface area contributed by atoms with Gasteiger partial charge in [0.15, 0.2) is 11.0 Å². The van der Waals surface area contributed by atoms with Gasteiger partial charge in [0, 0.05) is 11.7 Å². The third-order valence-electron chi connectivity index (χ3n) is 7.28. The van der Waals surface area contributed by atoms with E-state index < -0.39 is 0 Å². The fraction of sp³-hybridized carbons (Fsp3) is 0.640. The average Bonchev–Trinajstić information content (AvgIpc) is 3.19. The standard InChI is InChI=1S/C25H36FN5OS/c1-17-8-7-9-22(18(17)2)27-24(32)19(3)33-25-29-28-23(16-30-14-5-4-6-15-30)31(25)21-12-10-20(26)11-13-21/h10-13,17-19,22H,4-9,14-16H2,1-3H3,(H,27,32)/t17-,18+,19-,22+/m0/s1. The minimum atomic E-state index is -0.305. The lowest BCUT2D eigenvalue weighted by molar-refractivity contribution is -0.121. The molecule has 6 nitrogen and oxygen atoms in total. The molecule has 0 radical (unpaired) electrons. The normalized spacial score (nSPS) is 25.0. The SMILES string of the molecule is C[C@@H]1[C@@H](C)CCC[C@H]1NC(=O)[C@H](C)Sc1nnc(CN2CCCCC2)n1-c1ccc(F)cc1. The van der Waals surface area contributed by atoms with E-state index in [1.807, 2.05) is 11.5 Å². The average molecular weight is 474 g/mol. The van der Waals surface area contributed by atoms with Crippen molar-refractivity contribution in [2.24, 2.45) is 11.8 Å². The summed E-state index contributed by atoms with van der Waals surface area (Å²) in [5.41, 5.74) is 0.818. The van der Waals surface area contributed by atoms with Crippen molar-refractivity contribution in [1.82, 2.24) is 25.0 Å². The summed E-state index contributed by atoms with van der Waals surface area (Å²) in [6.45, 7) is 9.24. The van der Waals surface area contributed by atoms with Gasteiger partial charge in [-0.15, -0.1) is 10.2 Å². The number of thioether (sulfide) groups is 1. The summed E-state index contributed by atoms with van der Waals surface area (Å²) < 4.78 is 15.6. The molecule has 2 fully saturated rings. The molecule has 1 saturated carbocycles. The van der Waals surface area contributed by atoms with Crippen molar-refractivity contribution in [3.05, 3.63) is 35.9 Å². The summed E-state index contributed by atoms with van der Waals surface area (Å²) in [5.74, 6) is 1.71. The van der Waals surface area contributed by atoms with Gasteiger partial charge in [-0.05, 0) is 75.4 Å². The van der Waals surface area contributed by atoms with Crippen molar-refractivity contribution in [3.63, 3.8) is 0 Å². The van der Waals surface area contributed by atoms with Crippen LogP contribution in [0.4, 0.5) is 4.39 Å². The van der Waals surface area contributed by atoms with Crippen LogP contribution in [0, 0.1) is 17.7 Å². The lowest BCUT2D eigenvalue weighted by atomic mass is 9.78. The van der Waals surface area contributed by atoms with Crippen LogP contribution < -0.4 is 5.32 Å². The largest absolute Gasteiger partial charge is 0.352 e. The Morgan fingerprint density at radius 3 is 2.58 bits per heavy atom. The molecular weight excluding hydrogens is 437 g/mol. The van der Waals surface area contributed by atoms with Crippen LogP contribution in [0.25, 0.3) is 5.69 Å². The molecule has 2 aliphatic rings. The number of piperidine rings is 1. The number of benzene rings is 1. The van der Waals surface area contributed by atoms with Crippen LogP contribution in [0.5, 0.6) is 0 Å². The highest BCUT2D eigenvalue weighted by molar-refractivity contribution is 8.00. The van der Waals surface area contributed by atoms with Gasteiger partial charge in [-0.2, -0.15) is 0 Å². The van der Waals surface area contributed by atoms with E-state index in [-0.39, 0.29) is 23.0 Å². The smallest absolute Gasteiger partial charge is 0.233 e. The van der Waals surface area contributed by atoms with E-state index in [1.165, 1.54) is 49.6 Å². The first-order valence-electron chi connectivity index (χ1n) is 12.3. The van der Waals surface area contributed by atoms with Crippen LogP contribution >= 0.6 is 11.8 Å². The number of carbonyl (C=O) groups excluding carboxylic acids is 1. The number of hydrogen-bond acceptors (Lipinski definition) is 5. The van der Waals surface area contributed by atoms with Crippen LogP contribution in [-0.2, 0) is 11.3 Å². The van der Waals surface area contributed by atoms with Gasteiger partial charge < -0.3 is 5.32 Å².